The number of rotatable bonds is 2. The van der Waals surface area contributed by atoms with Crippen molar-refractivity contribution in [3.05, 3.63) is 50.9 Å². The molecule has 0 radical (unpaired) electrons. The minimum Gasteiger partial charge on any atom is -0.322 e. The first-order valence-electron chi connectivity index (χ1n) is 5.95. The molecule has 1 amide bonds. The predicted octanol–water partition coefficient (Wildman–Crippen LogP) is 2.36. The number of nitrogens with one attached hydrogen (secondary N) is 1. The normalized spacial score (nSPS) is 13.1. The van der Waals surface area contributed by atoms with Gasteiger partial charge in [0.15, 0.2) is 5.16 Å². The Morgan fingerprint density at radius 3 is 2.85 bits per heavy atom. The standard InChI is InChI=1S/C13H10BrN3O2S/c14-8-1-3-9(4-2-8)16-11(18)10-7-15-13-17(12(10)19)5-6-20-13/h1-4,7H,5-6H2,(H,16,18). The molecule has 102 valence electrons. The number of anilines is 1. The van der Waals surface area contributed by atoms with Crippen molar-refractivity contribution in [2.45, 2.75) is 11.7 Å². The van der Waals surface area contributed by atoms with Gasteiger partial charge in [0.1, 0.15) is 5.56 Å². The molecule has 2 aromatic rings. The summed E-state index contributed by atoms with van der Waals surface area (Å²) in [5, 5.41) is 3.37. The van der Waals surface area contributed by atoms with Gasteiger partial charge < -0.3 is 5.32 Å². The van der Waals surface area contributed by atoms with Crippen LogP contribution in [0.1, 0.15) is 10.4 Å². The van der Waals surface area contributed by atoms with Crippen molar-refractivity contribution >= 4 is 39.3 Å². The van der Waals surface area contributed by atoms with Crippen LogP contribution in [0.2, 0.25) is 0 Å². The minimum atomic E-state index is -0.433. The summed E-state index contributed by atoms with van der Waals surface area (Å²) in [4.78, 5) is 28.5. The number of aromatic nitrogens is 2. The van der Waals surface area contributed by atoms with E-state index in [9.17, 15) is 9.59 Å². The van der Waals surface area contributed by atoms with E-state index in [2.05, 4.69) is 26.2 Å². The van der Waals surface area contributed by atoms with Crippen LogP contribution < -0.4 is 10.9 Å². The van der Waals surface area contributed by atoms with E-state index in [0.29, 0.717) is 17.4 Å². The molecule has 0 saturated heterocycles. The molecular formula is C13H10BrN3O2S. The fraction of sp³-hybridized carbons (Fsp3) is 0.154. The predicted molar refractivity (Wildman–Crippen MR) is 81.3 cm³/mol. The molecule has 0 bridgehead atoms. The van der Waals surface area contributed by atoms with Crippen molar-refractivity contribution < 1.29 is 4.79 Å². The zero-order valence-electron chi connectivity index (χ0n) is 10.3. The number of benzene rings is 1. The van der Waals surface area contributed by atoms with Crippen molar-refractivity contribution in [2.24, 2.45) is 0 Å². The molecule has 1 N–H and O–H groups in total. The van der Waals surface area contributed by atoms with E-state index in [4.69, 9.17) is 0 Å². The number of carbonyl (C=O) groups excluding carboxylic acids is 1. The van der Waals surface area contributed by atoms with E-state index in [-0.39, 0.29) is 11.1 Å². The lowest BCUT2D eigenvalue weighted by Crippen LogP contribution is -2.29. The Balaban J connectivity index is 1.88. The summed E-state index contributed by atoms with van der Waals surface area (Å²) in [6.45, 7) is 0.602. The Labute approximate surface area is 127 Å². The van der Waals surface area contributed by atoms with Gasteiger partial charge in [-0.3, -0.25) is 14.2 Å². The van der Waals surface area contributed by atoms with Crippen LogP contribution in [-0.2, 0) is 6.54 Å². The second kappa shape index (κ2) is 5.41. The average Bonchev–Trinajstić information content (AvgIpc) is 2.91. The third kappa shape index (κ3) is 2.51. The van der Waals surface area contributed by atoms with Gasteiger partial charge in [-0.15, -0.1) is 0 Å². The molecule has 20 heavy (non-hydrogen) atoms. The molecule has 1 aromatic carbocycles. The third-order valence-corrected chi connectivity index (χ3v) is 4.40. The Hall–Kier alpha value is -1.60. The molecule has 0 unspecified atom stereocenters. The molecular weight excluding hydrogens is 342 g/mol. The zero-order valence-corrected chi connectivity index (χ0v) is 12.7. The topological polar surface area (TPSA) is 64.0 Å². The first-order chi connectivity index (χ1) is 9.65. The van der Waals surface area contributed by atoms with Crippen LogP contribution in [0.15, 0.2) is 44.9 Å². The number of halogens is 1. The van der Waals surface area contributed by atoms with Gasteiger partial charge in [0.25, 0.3) is 11.5 Å². The van der Waals surface area contributed by atoms with Crippen LogP contribution in [0.5, 0.6) is 0 Å². The first kappa shape index (κ1) is 13.4. The minimum absolute atomic E-state index is 0.0687. The lowest BCUT2D eigenvalue weighted by Gasteiger charge is -2.06. The molecule has 3 rings (SSSR count). The quantitative estimate of drug-likeness (QED) is 0.843. The second-order valence-corrected chi connectivity index (χ2v) is 6.20. The van der Waals surface area contributed by atoms with E-state index in [1.807, 2.05) is 12.1 Å². The third-order valence-electron chi connectivity index (χ3n) is 2.90. The Morgan fingerprint density at radius 1 is 1.35 bits per heavy atom. The number of amides is 1. The molecule has 1 aliphatic heterocycles. The first-order valence-corrected chi connectivity index (χ1v) is 7.72. The van der Waals surface area contributed by atoms with E-state index in [0.717, 1.165) is 10.2 Å². The maximum atomic E-state index is 12.2. The Bertz CT molecular complexity index is 727. The summed E-state index contributed by atoms with van der Waals surface area (Å²) in [7, 11) is 0. The summed E-state index contributed by atoms with van der Waals surface area (Å²) >= 11 is 4.85. The highest BCUT2D eigenvalue weighted by atomic mass is 79.9. The van der Waals surface area contributed by atoms with Gasteiger partial charge in [-0.05, 0) is 24.3 Å². The van der Waals surface area contributed by atoms with Crippen molar-refractivity contribution in [1.29, 1.82) is 0 Å². The number of nitrogens with zero attached hydrogens (tertiary/aromatic N) is 2. The highest BCUT2D eigenvalue weighted by molar-refractivity contribution is 9.10. The highest BCUT2D eigenvalue weighted by Crippen LogP contribution is 2.20. The summed E-state index contributed by atoms with van der Waals surface area (Å²) in [6, 6.07) is 7.16. The number of hydrogen-bond donors (Lipinski definition) is 1. The van der Waals surface area contributed by atoms with E-state index in [1.54, 1.807) is 16.7 Å². The number of thioether (sulfide) groups is 1. The number of carbonyl (C=O) groups is 1. The van der Waals surface area contributed by atoms with Crippen molar-refractivity contribution in [3.8, 4) is 0 Å². The molecule has 5 nitrogen and oxygen atoms in total. The van der Waals surface area contributed by atoms with Crippen molar-refractivity contribution in [3.63, 3.8) is 0 Å². The largest absolute Gasteiger partial charge is 0.322 e. The van der Waals surface area contributed by atoms with Gasteiger partial charge in [-0.1, -0.05) is 27.7 Å². The summed E-state index contributed by atoms with van der Waals surface area (Å²) in [5.41, 5.74) is 0.422. The van der Waals surface area contributed by atoms with Gasteiger partial charge in [0, 0.05) is 28.7 Å². The van der Waals surface area contributed by atoms with Crippen LogP contribution >= 0.6 is 27.7 Å². The van der Waals surface area contributed by atoms with Crippen molar-refractivity contribution in [1.82, 2.24) is 9.55 Å². The molecule has 1 aliphatic rings. The summed E-state index contributed by atoms with van der Waals surface area (Å²) in [5.74, 6) is 0.386. The SMILES string of the molecule is O=C(Nc1ccc(Br)cc1)c1cnc2n(c1=O)CCS2. The molecule has 0 saturated carbocycles. The van der Waals surface area contributed by atoms with Gasteiger partial charge in [-0.25, -0.2) is 4.98 Å². The van der Waals surface area contributed by atoms with E-state index >= 15 is 0 Å². The maximum absolute atomic E-state index is 12.2. The molecule has 7 heteroatoms. The van der Waals surface area contributed by atoms with Gasteiger partial charge in [0.2, 0.25) is 0 Å². The Kier molecular flexibility index (Phi) is 3.62. The molecule has 2 heterocycles. The zero-order chi connectivity index (χ0) is 14.1. The monoisotopic (exact) mass is 351 g/mol. The molecule has 0 spiro atoms. The lowest BCUT2D eigenvalue weighted by molar-refractivity contribution is 0.102. The highest BCUT2D eigenvalue weighted by Gasteiger charge is 2.19. The fourth-order valence-corrected chi connectivity index (χ4v) is 3.08. The van der Waals surface area contributed by atoms with E-state index < -0.39 is 5.91 Å². The van der Waals surface area contributed by atoms with E-state index in [1.165, 1.54) is 18.0 Å². The summed E-state index contributed by atoms with van der Waals surface area (Å²) < 4.78 is 2.47. The number of hydrogen-bond acceptors (Lipinski definition) is 4. The average molecular weight is 352 g/mol. The Morgan fingerprint density at radius 2 is 2.10 bits per heavy atom. The van der Waals surface area contributed by atoms with Crippen LogP contribution in [-0.4, -0.2) is 21.2 Å². The van der Waals surface area contributed by atoms with Gasteiger partial charge >= 0.3 is 0 Å². The summed E-state index contributed by atoms with van der Waals surface area (Å²) in [6.07, 6.45) is 1.35. The fourth-order valence-electron chi connectivity index (χ4n) is 1.90. The molecule has 0 aliphatic carbocycles. The molecule has 1 aromatic heterocycles. The van der Waals surface area contributed by atoms with Crippen LogP contribution in [0.25, 0.3) is 0 Å². The molecule has 0 atom stereocenters. The van der Waals surface area contributed by atoms with Crippen molar-refractivity contribution in [2.75, 3.05) is 11.1 Å². The van der Waals surface area contributed by atoms with Gasteiger partial charge in [-0.2, -0.15) is 0 Å². The smallest absolute Gasteiger partial charge is 0.267 e. The second-order valence-electron chi connectivity index (χ2n) is 4.22. The lowest BCUT2D eigenvalue weighted by atomic mass is 10.2. The maximum Gasteiger partial charge on any atom is 0.267 e. The van der Waals surface area contributed by atoms with Gasteiger partial charge in [0.05, 0.1) is 0 Å². The van der Waals surface area contributed by atoms with Crippen LogP contribution in [0.3, 0.4) is 0 Å². The number of fused-ring (bicyclic) bond motifs is 1. The van der Waals surface area contributed by atoms with Crippen LogP contribution in [0.4, 0.5) is 5.69 Å². The van der Waals surface area contributed by atoms with Crippen LogP contribution in [0, 0.1) is 0 Å². The molecule has 0 fully saturated rings.